The van der Waals surface area contributed by atoms with E-state index in [1.165, 1.54) is 0 Å². The van der Waals surface area contributed by atoms with Crippen molar-refractivity contribution >= 4 is 5.97 Å². The Morgan fingerprint density at radius 3 is 2.68 bits per heavy atom. The van der Waals surface area contributed by atoms with Crippen LogP contribution in [-0.2, 0) is 9.53 Å². The molecule has 0 radical (unpaired) electrons. The Morgan fingerprint density at radius 1 is 1.42 bits per heavy atom. The molecule has 5 heteroatoms. The highest BCUT2D eigenvalue weighted by atomic mass is 16.5. The number of likely N-dealkylation sites (N-methyl/N-ethyl adjacent to an activating group) is 1. The number of carboxylic acids is 1. The highest BCUT2D eigenvalue weighted by molar-refractivity contribution is 5.79. The van der Waals surface area contributed by atoms with E-state index in [1.807, 2.05) is 13.8 Å². The maximum atomic E-state index is 11.6. The van der Waals surface area contributed by atoms with Crippen LogP contribution in [-0.4, -0.2) is 59.9 Å². The molecular weight excluding hydrogens is 244 g/mol. The molecule has 2 fully saturated rings. The van der Waals surface area contributed by atoms with Gasteiger partial charge in [-0.2, -0.15) is 0 Å². The van der Waals surface area contributed by atoms with Gasteiger partial charge in [0.15, 0.2) is 0 Å². The Balaban J connectivity index is 2.01. The number of carbonyl (C=O) groups is 1. The van der Waals surface area contributed by atoms with Crippen LogP contribution in [0.15, 0.2) is 0 Å². The molecule has 0 amide bonds. The number of nitrogens with zero attached hydrogens (tertiary/aromatic N) is 1. The number of nitrogens with one attached hydrogen (secondary N) is 1. The van der Waals surface area contributed by atoms with Crippen LogP contribution < -0.4 is 5.32 Å². The summed E-state index contributed by atoms with van der Waals surface area (Å²) in [5.41, 5.74) is -0.743. The number of rotatable bonds is 5. The largest absolute Gasteiger partial charge is 0.480 e. The minimum absolute atomic E-state index is 0.190. The van der Waals surface area contributed by atoms with Crippen molar-refractivity contribution in [2.45, 2.75) is 63.2 Å². The average molecular weight is 270 g/mol. The number of carboxylic acid groups (broad SMARTS) is 1. The summed E-state index contributed by atoms with van der Waals surface area (Å²) in [6.45, 7) is 5.62. The van der Waals surface area contributed by atoms with Crippen LogP contribution in [0.1, 0.15) is 39.5 Å². The van der Waals surface area contributed by atoms with Crippen molar-refractivity contribution in [1.29, 1.82) is 0 Å². The van der Waals surface area contributed by atoms with E-state index in [9.17, 15) is 9.90 Å². The van der Waals surface area contributed by atoms with Gasteiger partial charge in [0.1, 0.15) is 5.54 Å². The lowest BCUT2D eigenvalue weighted by Gasteiger charge is -2.32. The van der Waals surface area contributed by atoms with Crippen molar-refractivity contribution in [3.63, 3.8) is 0 Å². The van der Waals surface area contributed by atoms with E-state index in [2.05, 4.69) is 17.3 Å². The molecule has 0 spiro atoms. The maximum Gasteiger partial charge on any atom is 0.323 e. The molecule has 1 heterocycles. The van der Waals surface area contributed by atoms with Gasteiger partial charge in [-0.05, 0) is 46.6 Å². The van der Waals surface area contributed by atoms with Crippen LogP contribution >= 0.6 is 0 Å². The lowest BCUT2D eigenvalue weighted by molar-refractivity contribution is -0.145. The van der Waals surface area contributed by atoms with Crippen molar-refractivity contribution in [3.8, 4) is 0 Å². The highest BCUT2D eigenvalue weighted by Gasteiger charge is 2.47. The molecule has 0 bridgehead atoms. The molecule has 1 saturated heterocycles. The first-order valence-electron chi connectivity index (χ1n) is 7.25. The summed E-state index contributed by atoms with van der Waals surface area (Å²) in [4.78, 5) is 14.0. The van der Waals surface area contributed by atoms with Crippen molar-refractivity contribution in [2.24, 2.45) is 0 Å². The van der Waals surface area contributed by atoms with Gasteiger partial charge in [-0.3, -0.25) is 15.0 Å². The SMILES string of the molecule is CC(C)NC1(C(=O)O)CCC(N(C)C2CCOC2)C1. The average Bonchev–Trinajstić information content (AvgIpc) is 2.96. The molecule has 0 aromatic heterocycles. The summed E-state index contributed by atoms with van der Waals surface area (Å²) in [5.74, 6) is -0.709. The topological polar surface area (TPSA) is 61.8 Å². The Kier molecular flexibility index (Phi) is 4.48. The van der Waals surface area contributed by atoms with E-state index < -0.39 is 11.5 Å². The first-order chi connectivity index (χ1) is 8.94. The van der Waals surface area contributed by atoms with E-state index in [4.69, 9.17) is 4.74 Å². The predicted octanol–water partition coefficient (Wildman–Crippen LogP) is 1.08. The van der Waals surface area contributed by atoms with Gasteiger partial charge in [-0.1, -0.05) is 0 Å². The number of ether oxygens (including phenoxy) is 1. The summed E-state index contributed by atoms with van der Waals surface area (Å²) in [6, 6.07) is 0.984. The Hall–Kier alpha value is -0.650. The van der Waals surface area contributed by atoms with E-state index in [-0.39, 0.29) is 6.04 Å². The normalized spacial score (nSPS) is 35.4. The summed E-state index contributed by atoms with van der Waals surface area (Å²) in [6.07, 6.45) is 3.40. The first kappa shape index (κ1) is 14.8. The van der Waals surface area contributed by atoms with Gasteiger partial charge < -0.3 is 9.84 Å². The van der Waals surface area contributed by atoms with Crippen molar-refractivity contribution < 1.29 is 14.6 Å². The predicted molar refractivity (Wildman–Crippen MR) is 73.3 cm³/mol. The molecule has 1 aliphatic heterocycles. The van der Waals surface area contributed by atoms with Gasteiger partial charge in [0.05, 0.1) is 6.61 Å². The number of aliphatic carboxylic acids is 1. The lowest BCUT2D eigenvalue weighted by Crippen LogP contribution is -2.54. The molecule has 2 rings (SSSR count). The fourth-order valence-corrected chi connectivity index (χ4v) is 3.45. The Labute approximate surface area is 115 Å². The zero-order valence-electron chi connectivity index (χ0n) is 12.2. The van der Waals surface area contributed by atoms with E-state index >= 15 is 0 Å². The van der Waals surface area contributed by atoms with Crippen LogP contribution in [0.3, 0.4) is 0 Å². The summed E-state index contributed by atoms with van der Waals surface area (Å²) < 4.78 is 5.43. The van der Waals surface area contributed by atoms with Crippen LogP contribution in [0.2, 0.25) is 0 Å². The molecule has 1 saturated carbocycles. The minimum atomic E-state index is -0.743. The quantitative estimate of drug-likeness (QED) is 0.783. The second kappa shape index (κ2) is 5.77. The molecule has 3 atom stereocenters. The van der Waals surface area contributed by atoms with Crippen LogP contribution in [0.5, 0.6) is 0 Å². The smallest absolute Gasteiger partial charge is 0.323 e. The Bertz CT molecular complexity index is 329. The van der Waals surface area contributed by atoms with Gasteiger partial charge in [0.25, 0.3) is 0 Å². The van der Waals surface area contributed by atoms with Gasteiger partial charge in [0.2, 0.25) is 0 Å². The maximum absolute atomic E-state index is 11.6. The summed E-state index contributed by atoms with van der Waals surface area (Å²) >= 11 is 0. The van der Waals surface area contributed by atoms with Crippen LogP contribution in [0.4, 0.5) is 0 Å². The fourth-order valence-electron chi connectivity index (χ4n) is 3.45. The molecule has 0 aromatic carbocycles. The Morgan fingerprint density at radius 2 is 2.16 bits per heavy atom. The molecule has 0 aromatic rings. The summed E-state index contributed by atoms with van der Waals surface area (Å²) in [5, 5.41) is 12.8. The molecule has 2 N–H and O–H groups in total. The standard InChI is InChI=1S/C14H26N2O3/c1-10(2)15-14(13(17)18)6-4-11(8-14)16(3)12-5-7-19-9-12/h10-12,15H,4-9H2,1-3H3,(H,17,18). The van der Waals surface area contributed by atoms with Crippen molar-refractivity contribution in [2.75, 3.05) is 20.3 Å². The number of hydrogen-bond acceptors (Lipinski definition) is 4. The van der Waals surface area contributed by atoms with Gasteiger partial charge in [0, 0.05) is 24.7 Å². The second-order valence-corrected chi connectivity index (χ2v) is 6.27. The fraction of sp³-hybridized carbons (Fsp3) is 0.929. The third-order valence-electron chi connectivity index (χ3n) is 4.52. The third kappa shape index (κ3) is 3.09. The minimum Gasteiger partial charge on any atom is -0.480 e. The van der Waals surface area contributed by atoms with Gasteiger partial charge >= 0.3 is 5.97 Å². The van der Waals surface area contributed by atoms with E-state index in [0.29, 0.717) is 24.9 Å². The van der Waals surface area contributed by atoms with E-state index in [1.54, 1.807) is 0 Å². The molecule has 19 heavy (non-hydrogen) atoms. The molecule has 3 unspecified atom stereocenters. The summed E-state index contributed by atoms with van der Waals surface area (Å²) in [7, 11) is 2.11. The number of hydrogen-bond donors (Lipinski definition) is 2. The van der Waals surface area contributed by atoms with Crippen molar-refractivity contribution in [1.82, 2.24) is 10.2 Å². The first-order valence-corrected chi connectivity index (χ1v) is 7.25. The third-order valence-corrected chi connectivity index (χ3v) is 4.52. The van der Waals surface area contributed by atoms with Crippen LogP contribution in [0.25, 0.3) is 0 Å². The lowest BCUT2D eigenvalue weighted by atomic mass is 9.96. The molecule has 1 aliphatic carbocycles. The zero-order chi connectivity index (χ0) is 14.0. The monoisotopic (exact) mass is 270 g/mol. The van der Waals surface area contributed by atoms with Gasteiger partial charge in [-0.25, -0.2) is 0 Å². The molecule has 5 nitrogen and oxygen atoms in total. The molecular formula is C14H26N2O3. The molecule has 110 valence electrons. The highest BCUT2D eigenvalue weighted by Crippen LogP contribution is 2.35. The van der Waals surface area contributed by atoms with Crippen LogP contribution in [0, 0.1) is 0 Å². The van der Waals surface area contributed by atoms with E-state index in [0.717, 1.165) is 26.1 Å². The zero-order valence-corrected chi connectivity index (χ0v) is 12.2. The second-order valence-electron chi connectivity index (χ2n) is 6.27. The van der Waals surface area contributed by atoms with Gasteiger partial charge in [-0.15, -0.1) is 0 Å². The molecule has 2 aliphatic rings. The van der Waals surface area contributed by atoms with Crippen molar-refractivity contribution in [3.05, 3.63) is 0 Å².